The molecular formula is C20H23N3O4S3. The van der Waals surface area contributed by atoms with E-state index in [0.29, 0.717) is 32.4 Å². The summed E-state index contributed by atoms with van der Waals surface area (Å²) in [5.41, 5.74) is 2.00. The first-order valence-corrected chi connectivity index (χ1v) is 11.9. The van der Waals surface area contributed by atoms with Gasteiger partial charge in [-0.2, -0.15) is 0 Å². The van der Waals surface area contributed by atoms with Crippen LogP contribution in [0.25, 0.3) is 10.2 Å². The predicted octanol–water partition coefficient (Wildman–Crippen LogP) is 4.33. The van der Waals surface area contributed by atoms with Crippen LogP contribution in [-0.4, -0.2) is 34.2 Å². The lowest BCUT2D eigenvalue weighted by atomic mass is 10.1. The van der Waals surface area contributed by atoms with Gasteiger partial charge in [0.15, 0.2) is 0 Å². The summed E-state index contributed by atoms with van der Waals surface area (Å²) in [7, 11) is 1.32. The number of carbonyl (C=O) groups excluding carboxylic acids is 2. The van der Waals surface area contributed by atoms with E-state index in [1.807, 2.05) is 27.7 Å². The molecule has 10 heteroatoms. The van der Waals surface area contributed by atoms with Crippen LogP contribution in [0.2, 0.25) is 0 Å². The summed E-state index contributed by atoms with van der Waals surface area (Å²) in [6.45, 7) is 9.40. The molecule has 0 radical (unpaired) electrons. The molecule has 0 saturated heterocycles. The Labute approximate surface area is 186 Å². The summed E-state index contributed by atoms with van der Waals surface area (Å²) in [6, 6.07) is 0. The van der Waals surface area contributed by atoms with E-state index < -0.39 is 11.2 Å². The number of esters is 1. The van der Waals surface area contributed by atoms with Crippen molar-refractivity contribution in [1.82, 2.24) is 9.97 Å². The van der Waals surface area contributed by atoms with Crippen molar-refractivity contribution in [3.8, 4) is 0 Å². The molecule has 3 heterocycles. The molecule has 160 valence electrons. The zero-order chi connectivity index (χ0) is 22.2. The van der Waals surface area contributed by atoms with Gasteiger partial charge in [0.25, 0.3) is 5.56 Å². The van der Waals surface area contributed by atoms with Gasteiger partial charge >= 0.3 is 5.97 Å². The van der Waals surface area contributed by atoms with Crippen molar-refractivity contribution in [2.45, 2.75) is 45.6 Å². The van der Waals surface area contributed by atoms with Crippen LogP contribution in [0.4, 0.5) is 5.00 Å². The second-order valence-electron chi connectivity index (χ2n) is 6.90. The largest absolute Gasteiger partial charge is 0.465 e. The van der Waals surface area contributed by atoms with Crippen LogP contribution in [0.1, 0.15) is 44.0 Å². The number of amides is 1. The molecule has 0 aromatic carbocycles. The highest BCUT2D eigenvalue weighted by atomic mass is 32.2. The van der Waals surface area contributed by atoms with E-state index in [9.17, 15) is 14.4 Å². The van der Waals surface area contributed by atoms with Gasteiger partial charge in [-0.3, -0.25) is 9.59 Å². The Hall–Kier alpha value is -2.17. The van der Waals surface area contributed by atoms with Crippen LogP contribution in [0.3, 0.4) is 0 Å². The third kappa shape index (κ3) is 4.30. The van der Waals surface area contributed by atoms with E-state index in [4.69, 9.17) is 4.74 Å². The standard InChI is InChI=1S/C20H23N3O4S3/c1-8-10(3)29-18-14(8)17(25)21-13(22-18)7-28-12(5)16(24)23-19-15(20(26)27-6)9(2)11(4)30-19/h12H,7H2,1-6H3,(H,23,24)(H,21,22,25). The SMILES string of the molecule is COC(=O)c1c(NC(=O)C(C)SCc2nc3sc(C)c(C)c3c(=O)[nH]2)sc(C)c1C. The second-order valence-corrected chi connectivity index (χ2v) is 10.7. The van der Waals surface area contributed by atoms with Gasteiger partial charge in [-0.1, -0.05) is 0 Å². The zero-order valence-electron chi connectivity index (χ0n) is 17.6. The summed E-state index contributed by atoms with van der Waals surface area (Å²) < 4.78 is 4.85. The first-order valence-electron chi connectivity index (χ1n) is 9.23. The number of H-pyrrole nitrogens is 1. The fourth-order valence-electron chi connectivity index (χ4n) is 2.92. The predicted molar refractivity (Wildman–Crippen MR) is 124 cm³/mol. The van der Waals surface area contributed by atoms with Crippen molar-refractivity contribution >= 4 is 61.5 Å². The Morgan fingerprint density at radius 3 is 2.50 bits per heavy atom. The van der Waals surface area contributed by atoms with Crippen molar-refractivity contribution in [2.75, 3.05) is 12.4 Å². The normalized spacial score (nSPS) is 12.2. The summed E-state index contributed by atoms with van der Waals surface area (Å²) in [5, 5.41) is 3.56. The third-order valence-corrected chi connectivity index (χ3v) is 8.32. The molecule has 3 rings (SSSR count). The fourth-order valence-corrected chi connectivity index (χ4v) is 5.78. The smallest absolute Gasteiger partial charge is 0.341 e. The Morgan fingerprint density at radius 1 is 1.17 bits per heavy atom. The van der Waals surface area contributed by atoms with Gasteiger partial charge in [0.2, 0.25) is 5.91 Å². The molecule has 0 spiro atoms. The average Bonchev–Trinajstić information content (AvgIpc) is 3.14. The van der Waals surface area contributed by atoms with E-state index in [1.165, 1.54) is 41.5 Å². The van der Waals surface area contributed by atoms with E-state index in [-0.39, 0.29) is 11.5 Å². The van der Waals surface area contributed by atoms with E-state index in [1.54, 1.807) is 6.92 Å². The number of aryl methyl sites for hydroxylation is 3. The molecule has 1 atom stereocenters. The Bertz CT molecular complexity index is 1190. The third-order valence-electron chi connectivity index (χ3n) is 4.94. The number of thiophene rings is 2. The molecule has 3 aromatic rings. The molecule has 1 amide bonds. The molecule has 0 aliphatic carbocycles. The molecule has 0 aliphatic rings. The zero-order valence-corrected chi connectivity index (χ0v) is 20.0. The van der Waals surface area contributed by atoms with Crippen LogP contribution in [0.5, 0.6) is 0 Å². The van der Waals surface area contributed by atoms with Gasteiger partial charge in [0.05, 0.1) is 29.1 Å². The first kappa shape index (κ1) is 22.5. The number of nitrogens with zero attached hydrogens (tertiary/aromatic N) is 1. The van der Waals surface area contributed by atoms with Crippen molar-refractivity contribution in [2.24, 2.45) is 0 Å². The number of rotatable bonds is 6. The van der Waals surface area contributed by atoms with Gasteiger partial charge in [0, 0.05) is 9.75 Å². The summed E-state index contributed by atoms with van der Waals surface area (Å²) in [4.78, 5) is 47.3. The number of fused-ring (bicyclic) bond motifs is 1. The monoisotopic (exact) mass is 465 g/mol. The van der Waals surface area contributed by atoms with Crippen molar-refractivity contribution in [3.05, 3.63) is 42.6 Å². The van der Waals surface area contributed by atoms with E-state index >= 15 is 0 Å². The van der Waals surface area contributed by atoms with Gasteiger partial charge in [-0.05, 0) is 45.7 Å². The highest BCUT2D eigenvalue weighted by Gasteiger charge is 2.23. The van der Waals surface area contributed by atoms with Gasteiger partial charge in [-0.25, -0.2) is 9.78 Å². The average molecular weight is 466 g/mol. The number of thioether (sulfide) groups is 1. The van der Waals surface area contributed by atoms with Crippen LogP contribution < -0.4 is 10.9 Å². The highest BCUT2D eigenvalue weighted by molar-refractivity contribution is 7.99. The quantitative estimate of drug-likeness (QED) is 0.526. The summed E-state index contributed by atoms with van der Waals surface area (Å²) in [5.74, 6) is 0.237. The van der Waals surface area contributed by atoms with Crippen molar-refractivity contribution in [1.29, 1.82) is 0 Å². The van der Waals surface area contributed by atoms with Crippen LogP contribution in [0, 0.1) is 27.7 Å². The lowest BCUT2D eigenvalue weighted by Gasteiger charge is -2.12. The van der Waals surface area contributed by atoms with Crippen LogP contribution >= 0.6 is 34.4 Å². The number of aromatic nitrogens is 2. The Balaban J connectivity index is 1.72. The minimum atomic E-state index is -0.468. The molecule has 30 heavy (non-hydrogen) atoms. The number of methoxy groups -OCH3 is 1. The van der Waals surface area contributed by atoms with Gasteiger partial charge < -0.3 is 15.0 Å². The second kappa shape index (κ2) is 8.91. The molecule has 1 unspecified atom stereocenters. The maximum atomic E-state index is 12.7. The van der Waals surface area contributed by atoms with Gasteiger partial charge in [0.1, 0.15) is 15.7 Å². The molecular weight excluding hydrogens is 442 g/mol. The number of anilines is 1. The number of nitrogens with one attached hydrogen (secondary N) is 2. The first-order chi connectivity index (χ1) is 14.1. The minimum Gasteiger partial charge on any atom is -0.465 e. The Morgan fingerprint density at radius 2 is 1.83 bits per heavy atom. The van der Waals surface area contributed by atoms with Crippen molar-refractivity contribution < 1.29 is 14.3 Å². The molecule has 0 aliphatic heterocycles. The number of ether oxygens (including phenoxy) is 1. The number of hydrogen-bond donors (Lipinski definition) is 2. The number of hydrogen-bond acceptors (Lipinski definition) is 8. The van der Waals surface area contributed by atoms with Crippen LogP contribution in [0.15, 0.2) is 4.79 Å². The maximum absolute atomic E-state index is 12.7. The lowest BCUT2D eigenvalue weighted by molar-refractivity contribution is -0.115. The molecule has 2 N–H and O–H groups in total. The summed E-state index contributed by atoms with van der Waals surface area (Å²) in [6.07, 6.45) is 0. The van der Waals surface area contributed by atoms with E-state index in [0.717, 1.165) is 20.9 Å². The molecule has 0 saturated carbocycles. The molecule has 3 aromatic heterocycles. The maximum Gasteiger partial charge on any atom is 0.341 e. The summed E-state index contributed by atoms with van der Waals surface area (Å²) >= 11 is 4.21. The number of carbonyl (C=O) groups is 2. The van der Waals surface area contributed by atoms with E-state index in [2.05, 4.69) is 15.3 Å². The van der Waals surface area contributed by atoms with Gasteiger partial charge in [-0.15, -0.1) is 34.4 Å². The molecule has 0 bridgehead atoms. The number of aromatic amines is 1. The Kier molecular flexibility index (Phi) is 6.68. The van der Waals surface area contributed by atoms with Crippen LogP contribution in [-0.2, 0) is 15.3 Å². The lowest BCUT2D eigenvalue weighted by Crippen LogP contribution is -2.23. The molecule has 7 nitrogen and oxygen atoms in total. The fraction of sp³-hybridized carbons (Fsp3) is 0.400. The molecule has 0 fully saturated rings. The van der Waals surface area contributed by atoms with Crippen molar-refractivity contribution in [3.63, 3.8) is 0 Å². The minimum absolute atomic E-state index is 0.151. The highest BCUT2D eigenvalue weighted by Crippen LogP contribution is 2.33. The topological polar surface area (TPSA) is 101 Å².